The lowest BCUT2D eigenvalue weighted by Gasteiger charge is -2.26. The average Bonchev–Trinajstić information content (AvgIpc) is 2.73. The van der Waals surface area contributed by atoms with Crippen molar-refractivity contribution in [3.63, 3.8) is 0 Å². The van der Waals surface area contributed by atoms with E-state index in [9.17, 15) is 26.4 Å². The molecular formula is C22H19F3N2O3S. The molecule has 1 N–H and O–H groups in total. The molecule has 1 amide bonds. The second-order valence-electron chi connectivity index (χ2n) is 6.70. The van der Waals surface area contributed by atoms with Crippen molar-refractivity contribution >= 4 is 27.3 Å². The molecule has 0 saturated carbocycles. The fourth-order valence-corrected chi connectivity index (χ4v) is 4.53. The van der Waals surface area contributed by atoms with E-state index < -0.39 is 39.9 Å². The summed E-state index contributed by atoms with van der Waals surface area (Å²) in [6.07, 6.45) is -4.67. The van der Waals surface area contributed by atoms with E-state index in [0.717, 1.165) is 16.4 Å². The summed E-state index contributed by atoms with van der Waals surface area (Å²) < 4.78 is 67.1. The van der Waals surface area contributed by atoms with Gasteiger partial charge in [0.2, 0.25) is 5.91 Å². The highest BCUT2D eigenvalue weighted by molar-refractivity contribution is 7.92. The first-order valence-corrected chi connectivity index (χ1v) is 10.6. The Balaban J connectivity index is 1.97. The van der Waals surface area contributed by atoms with Crippen LogP contribution in [0.5, 0.6) is 0 Å². The van der Waals surface area contributed by atoms with Crippen LogP contribution in [0.1, 0.15) is 11.1 Å². The number of amides is 1. The van der Waals surface area contributed by atoms with Crippen molar-refractivity contribution in [3.8, 4) is 0 Å². The van der Waals surface area contributed by atoms with Crippen LogP contribution in [0.3, 0.4) is 0 Å². The van der Waals surface area contributed by atoms with Crippen molar-refractivity contribution < 1.29 is 26.4 Å². The Labute approximate surface area is 178 Å². The molecule has 0 heterocycles. The number of para-hydroxylation sites is 2. The number of carbonyl (C=O) groups is 1. The number of rotatable bonds is 6. The number of hydrogen-bond acceptors (Lipinski definition) is 3. The molecule has 0 radical (unpaired) electrons. The summed E-state index contributed by atoms with van der Waals surface area (Å²) in [6, 6.07) is 18.6. The normalized spacial score (nSPS) is 11.7. The summed E-state index contributed by atoms with van der Waals surface area (Å²) in [6.45, 7) is 0.980. The first kappa shape index (κ1) is 22.4. The van der Waals surface area contributed by atoms with Crippen LogP contribution in [0.15, 0.2) is 83.8 Å². The third-order valence-electron chi connectivity index (χ3n) is 4.51. The van der Waals surface area contributed by atoms with E-state index in [-0.39, 0.29) is 10.6 Å². The maximum absolute atomic E-state index is 13.3. The fourth-order valence-electron chi connectivity index (χ4n) is 3.02. The molecular weight excluding hydrogens is 429 g/mol. The van der Waals surface area contributed by atoms with Gasteiger partial charge in [0.05, 0.1) is 21.8 Å². The van der Waals surface area contributed by atoms with Crippen molar-refractivity contribution in [2.75, 3.05) is 16.2 Å². The molecule has 0 spiro atoms. The number of nitrogens with zero attached hydrogens (tertiary/aromatic N) is 1. The van der Waals surface area contributed by atoms with E-state index in [1.54, 1.807) is 43.3 Å². The fraction of sp³-hybridized carbons (Fsp3) is 0.136. The van der Waals surface area contributed by atoms with Gasteiger partial charge >= 0.3 is 6.18 Å². The molecule has 0 aromatic heterocycles. The molecule has 3 aromatic carbocycles. The zero-order valence-electron chi connectivity index (χ0n) is 16.4. The van der Waals surface area contributed by atoms with Gasteiger partial charge in [-0.15, -0.1) is 0 Å². The van der Waals surface area contributed by atoms with Crippen LogP contribution in [0.25, 0.3) is 0 Å². The highest BCUT2D eigenvalue weighted by Crippen LogP contribution is 2.34. The SMILES string of the molecule is Cc1ccccc1N(CC(=O)Nc1ccccc1C(F)(F)F)S(=O)(=O)c1ccccc1. The number of alkyl halides is 3. The Hall–Kier alpha value is -3.33. The second kappa shape index (κ2) is 8.81. The first-order valence-electron chi connectivity index (χ1n) is 9.20. The third-order valence-corrected chi connectivity index (χ3v) is 6.28. The lowest BCUT2D eigenvalue weighted by Crippen LogP contribution is -2.38. The van der Waals surface area contributed by atoms with Crippen molar-refractivity contribution in [2.45, 2.75) is 18.0 Å². The number of sulfonamides is 1. The lowest BCUT2D eigenvalue weighted by atomic mass is 10.1. The molecule has 0 unspecified atom stereocenters. The topological polar surface area (TPSA) is 66.5 Å². The Morgan fingerprint density at radius 1 is 0.903 bits per heavy atom. The predicted octanol–water partition coefficient (Wildman–Crippen LogP) is 4.85. The molecule has 9 heteroatoms. The van der Waals surface area contributed by atoms with E-state index in [1.165, 1.54) is 30.3 Å². The van der Waals surface area contributed by atoms with E-state index in [2.05, 4.69) is 5.32 Å². The van der Waals surface area contributed by atoms with Crippen LogP contribution in [-0.4, -0.2) is 20.9 Å². The Kier molecular flexibility index (Phi) is 6.35. The van der Waals surface area contributed by atoms with Crippen molar-refractivity contribution in [1.82, 2.24) is 0 Å². The van der Waals surface area contributed by atoms with Crippen molar-refractivity contribution in [1.29, 1.82) is 0 Å². The van der Waals surface area contributed by atoms with Gasteiger partial charge in [0.25, 0.3) is 10.0 Å². The summed E-state index contributed by atoms with van der Waals surface area (Å²) in [4.78, 5) is 12.6. The number of benzene rings is 3. The van der Waals surface area contributed by atoms with Gasteiger partial charge in [0.1, 0.15) is 6.54 Å². The molecule has 0 fully saturated rings. The minimum Gasteiger partial charge on any atom is -0.324 e. The van der Waals surface area contributed by atoms with E-state index in [1.807, 2.05) is 0 Å². The average molecular weight is 448 g/mol. The third kappa shape index (κ3) is 5.05. The highest BCUT2D eigenvalue weighted by atomic mass is 32.2. The highest BCUT2D eigenvalue weighted by Gasteiger charge is 2.34. The summed E-state index contributed by atoms with van der Waals surface area (Å²) in [5.41, 5.74) is -0.616. The molecule has 162 valence electrons. The van der Waals surface area contributed by atoms with Crippen molar-refractivity contribution in [3.05, 3.63) is 90.0 Å². The molecule has 3 rings (SSSR count). The molecule has 0 atom stereocenters. The number of aryl methyl sites for hydroxylation is 1. The summed E-state index contributed by atoms with van der Waals surface area (Å²) in [5, 5.41) is 2.20. The first-order chi connectivity index (χ1) is 14.6. The molecule has 0 aliphatic rings. The number of halogens is 3. The monoisotopic (exact) mass is 448 g/mol. The maximum Gasteiger partial charge on any atom is 0.418 e. The van der Waals surface area contributed by atoms with Crippen LogP contribution in [0.4, 0.5) is 24.5 Å². The second-order valence-corrected chi connectivity index (χ2v) is 8.57. The van der Waals surface area contributed by atoms with Gasteiger partial charge < -0.3 is 5.32 Å². The Bertz CT molecular complexity index is 1180. The van der Waals surface area contributed by atoms with E-state index in [4.69, 9.17) is 0 Å². The van der Waals surface area contributed by atoms with E-state index >= 15 is 0 Å². The van der Waals surface area contributed by atoms with Gasteiger partial charge in [-0.05, 0) is 42.8 Å². The summed E-state index contributed by atoms with van der Waals surface area (Å²) in [7, 11) is -4.15. The largest absolute Gasteiger partial charge is 0.418 e. The standard InChI is InChI=1S/C22H19F3N2O3S/c1-16-9-5-8-14-20(16)27(31(29,30)17-10-3-2-4-11-17)15-21(28)26-19-13-7-6-12-18(19)22(23,24)25/h2-14H,15H2,1H3,(H,26,28). The molecule has 31 heavy (non-hydrogen) atoms. The van der Waals surface area contributed by atoms with Crippen LogP contribution >= 0.6 is 0 Å². The number of hydrogen-bond donors (Lipinski definition) is 1. The number of nitrogens with one attached hydrogen (secondary N) is 1. The van der Waals surface area contributed by atoms with Gasteiger partial charge in [0, 0.05) is 0 Å². The molecule has 5 nitrogen and oxygen atoms in total. The zero-order valence-corrected chi connectivity index (χ0v) is 17.2. The zero-order chi connectivity index (χ0) is 22.6. The molecule has 0 aliphatic heterocycles. The van der Waals surface area contributed by atoms with Crippen molar-refractivity contribution in [2.24, 2.45) is 0 Å². The Morgan fingerprint density at radius 3 is 2.13 bits per heavy atom. The summed E-state index contributed by atoms with van der Waals surface area (Å²) >= 11 is 0. The molecule has 0 aliphatic carbocycles. The molecule has 0 bridgehead atoms. The van der Waals surface area contributed by atoms with Gasteiger partial charge in [-0.2, -0.15) is 13.2 Å². The maximum atomic E-state index is 13.3. The quantitative estimate of drug-likeness (QED) is 0.586. The van der Waals surface area contributed by atoms with Crippen LogP contribution in [-0.2, 0) is 21.0 Å². The molecule has 0 saturated heterocycles. The minimum absolute atomic E-state index is 0.0401. The van der Waals surface area contributed by atoms with Gasteiger partial charge in [0.15, 0.2) is 0 Å². The van der Waals surface area contributed by atoms with Crippen LogP contribution in [0, 0.1) is 6.92 Å². The molecule has 3 aromatic rings. The van der Waals surface area contributed by atoms with Gasteiger partial charge in [-0.3, -0.25) is 9.10 Å². The predicted molar refractivity (Wildman–Crippen MR) is 112 cm³/mol. The Morgan fingerprint density at radius 2 is 1.48 bits per heavy atom. The minimum atomic E-state index is -4.67. The number of anilines is 2. The van der Waals surface area contributed by atoms with E-state index in [0.29, 0.717) is 5.56 Å². The summed E-state index contributed by atoms with van der Waals surface area (Å²) in [5.74, 6) is -0.903. The van der Waals surface area contributed by atoms with Crippen LogP contribution < -0.4 is 9.62 Å². The lowest BCUT2D eigenvalue weighted by molar-refractivity contribution is -0.137. The smallest absolute Gasteiger partial charge is 0.324 e. The van der Waals surface area contributed by atoms with Gasteiger partial charge in [-0.25, -0.2) is 8.42 Å². The number of carbonyl (C=O) groups excluding carboxylic acids is 1. The van der Waals surface area contributed by atoms with Crippen LogP contribution in [0.2, 0.25) is 0 Å². The van der Waals surface area contributed by atoms with Gasteiger partial charge in [-0.1, -0.05) is 48.5 Å².